The Morgan fingerprint density at radius 1 is 1.06 bits per heavy atom. The topological polar surface area (TPSA) is 38.7 Å². The maximum atomic E-state index is 12.3. The van der Waals surface area contributed by atoms with Gasteiger partial charge in [-0.15, -0.1) is 0 Å². The summed E-state index contributed by atoms with van der Waals surface area (Å²) in [6.45, 7) is 1.78. The molecular formula is C11H8F3N3. The Balaban J connectivity index is 2.36. The Morgan fingerprint density at radius 2 is 1.82 bits per heavy atom. The number of hydrogen-bond acceptors (Lipinski definition) is 3. The van der Waals surface area contributed by atoms with Gasteiger partial charge in [0.15, 0.2) is 0 Å². The first-order chi connectivity index (χ1) is 7.97. The van der Waals surface area contributed by atoms with Crippen molar-refractivity contribution in [2.75, 3.05) is 0 Å². The monoisotopic (exact) mass is 239 g/mol. The van der Waals surface area contributed by atoms with Crippen molar-refractivity contribution in [2.24, 2.45) is 0 Å². The number of pyridine rings is 1. The van der Waals surface area contributed by atoms with Crippen LogP contribution in [0.3, 0.4) is 0 Å². The number of halogens is 3. The molecule has 17 heavy (non-hydrogen) atoms. The van der Waals surface area contributed by atoms with Crippen LogP contribution in [-0.2, 0) is 6.18 Å². The molecule has 0 atom stereocenters. The second kappa shape index (κ2) is 4.12. The summed E-state index contributed by atoms with van der Waals surface area (Å²) in [5, 5.41) is 0. The SMILES string of the molecule is Cc1cc(-c2ccc(C(F)(F)F)nc2)ncn1. The summed E-state index contributed by atoms with van der Waals surface area (Å²) >= 11 is 0. The predicted octanol–water partition coefficient (Wildman–Crippen LogP) is 2.87. The minimum atomic E-state index is -4.42. The normalized spacial score (nSPS) is 11.5. The molecule has 0 fully saturated rings. The van der Waals surface area contributed by atoms with E-state index in [4.69, 9.17) is 0 Å². The summed E-state index contributed by atoms with van der Waals surface area (Å²) < 4.78 is 36.9. The maximum Gasteiger partial charge on any atom is 0.433 e. The largest absolute Gasteiger partial charge is 0.433 e. The molecule has 2 aromatic rings. The number of aromatic nitrogens is 3. The fourth-order valence-electron chi connectivity index (χ4n) is 1.33. The van der Waals surface area contributed by atoms with Gasteiger partial charge in [-0.3, -0.25) is 4.98 Å². The van der Waals surface area contributed by atoms with E-state index in [1.165, 1.54) is 12.4 Å². The van der Waals surface area contributed by atoms with E-state index in [0.717, 1.165) is 18.0 Å². The Bertz CT molecular complexity index is 520. The van der Waals surface area contributed by atoms with Crippen molar-refractivity contribution in [3.8, 4) is 11.3 Å². The fraction of sp³-hybridized carbons (Fsp3) is 0.182. The first-order valence-electron chi connectivity index (χ1n) is 4.79. The second-order valence-corrected chi connectivity index (χ2v) is 3.47. The Morgan fingerprint density at radius 3 is 2.35 bits per heavy atom. The summed E-state index contributed by atoms with van der Waals surface area (Å²) in [6, 6.07) is 3.97. The summed E-state index contributed by atoms with van der Waals surface area (Å²) in [4.78, 5) is 11.3. The molecule has 0 aliphatic rings. The van der Waals surface area contributed by atoms with Crippen LogP contribution in [0.15, 0.2) is 30.7 Å². The molecule has 0 amide bonds. The molecule has 88 valence electrons. The van der Waals surface area contributed by atoms with Crippen LogP contribution in [0.5, 0.6) is 0 Å². The lowest BCUT2D eigenvalue weighted by atomic mass is 10.2. The van der Waals surface area contributed by atoms with Crippen molar-refractivity contribution >= 4 is 0 Å². The molecule has 3 nitrogen and oxygen atoms in total. The number of alkyl halides is 3. The van der Waals surface area contributed by atoms with E-state index in [9.17, 15) is 13.2 Å². The van der Waals surface area contributed by atoms with Crippen molar-refractivity contribution in [1.82, 2.24) is 15.0 Å². The molecule has 2 rings (SSSR count). The Labute approximate surface area is 95.4 Å². The Kier molecular flexibility index (Phi) is 2.79. The van der Waals surface area contributed by atoms with E-state index >= 15 is 0 Å². The van der Waals surface area contributed by atoms with Crippen LogP contribution in [0.1, 0.15) is 11.4 Å². The van der Waals surface area contributed by atoms with Gasteiger partial charge in [-0.25, -0.2) is 9.97 Å². The van der Waals surface area contributed by atoms with Crippen molar-refractivity contribution < 1.29 is 13.2 Å². The Hall–Kier alpha value is -1.98. The van der Waals surface area contributed by atoms with Gasteiger partial charge >= 0.3 is 6.18 Å². The molecule has 0 saturated heterocycles. The van der Waals surface area contributed by atoms with Gasteiger partial charge in [-0.2, -0.15) is 13.2 Å². The van der Waals surface area contributed by atoms with Crippen LogP contribution >= 0.6 is 0 Å². The standard InChI is InChI=1S/C11H8F3N3/c1-7-4-9(17-6-16-7)8-2-3-10(15-5-8)11(12,13)14/h2-6H,1H3. The molecule has 0 aromatic carbocycles. The van der Waals surface area contributed by atoms with Crippen LogP contribution in [0.2, 0.25) is 0 Å². The highest BCUT2D eigenvalue weighted by molar-refractivity contribution is 5.57. The van der Waals surface area contributed by atoms with E-state index in [0.29, 0.717) is 11.3 Å². The second-order valence-electron chi connectivity index (χ2n) is 3.47. The molecule has 0 bridgehead atoms. The quantitative estimate of drug-likeness (QED) is 0.768. The minimum Gasteiger partial charge on any atom is -0.251 e. The van der Waals surface area contributed by atoms with Crippen molar-refractivity contribution in [2.45, 2.75) is 13.1 Å². The highest BCUT2D eigenvalue weighted by Crippen LogP contribution is 2.28. The highest BCUT2D eigenvalue weighted by Gasteiger charge is 2.32. The highest BCUT2D eigenvalue weighted by atomic mass is 19.4. The lowest BCUT2D eigenvalue weighted by molar-refractivity contribution is -0.141. The lowest BCUT2D eigenvalue weighted by Crippen LogP contribution is -2.07. The average molecular weight is 239 g/mol. The number of rotatable bonds is 1. The van der Waals surface area contributed by atoms with Gasteiger partial charge in [0.05, 0.1) is 5.69 Å². The zero-order chi connectivity index (χ0) is 12.5. The lowest BCUT2D eigenvalue weighted by Gasteiger charge is -2.06. The van der Waals surface area contributed by atoms with Crippen molar-refractivity contribution in [1.29, 1.82) is 0 Å². The minimum absolute atomic E-state index is 0.531. The van der Waals surface area contributed by atoms with Gasteiger partial charge < -0.3 is 0 Å². The molecular weight excluding hydrogens is 231 g/mol. The molecule has 6 heteroatoms. The molecule has 0 unspecified atom stereocenters. The van der Waals surface area contributed by atoms with Crippen molar-refractivity contribution in [3.05, 3.63) is 42.1 Å². The molecule has 0 aliphatic heterocycles. The molecule has 0 aliphatic carbocycles. The molecule has 2 aromatic heterocycles. The summed E-state index contributed by atoms with van der Waals surface area (Å²) in [5.41, 5.74) is 0.921. The van der Waals surface area contributed by atoms with E-state index < -0.39 is 11.9 Å². The van der Waals surface area contributed by atoms with Gasteiger partial charge in [0.2, 0.25) is 0 Å². The first-order valence-corrected chi connectivity index (χ1v) is 4.79. The van der Waals surface area contributed by atoms with Crippen LogP contribution < -0.4 is 0 Å². The number of nitrogens with zero attached hydrogens (tertiary/aromatic N) is 3. The first kappa shape index (κ1) is 11.5. The molecule has 0 saturated carbocycles. The van der Waals surface area contributed by atoms with E-state index in [1.807, 2.05) is 0 Å². The third-order valence-corrected chi connectivity index (χ3v) is 2.15. The molecule has 0 N–H and O–H groups in total. The van der Waals surface area contributed by atoms with Crippen LogP contribution in [-0.4, -0.2) is 15.0 Å². The zero-order valence-electron chi connectivity index (χ0n) is 8.86. The van der Waals surface area contributed by atoms with Crippen molar-refractivity contribution in [3.63, 3.8) is 0 Å². The molecule has 0 spiro atoms. The van der Waals surface area contributed by atoms with E-state index in [-0.39, 0.29) is 0 Å². The van der Waals surface area contributed by atoms with Crippen LogP contribution in [0.4, 0.5) is 13.2 Å². The predicted molar refractivity (Wildman–Crippen MR) is 55.0 cm³/mol. The van der Waals surface area contributed by atoms with E-state index in [1.54, 1.807) is 13.0 Å². The summed E-state index contributed by atoms with van der Waals surface area (Å²) in [5.74, 6) is 0. The number of aryl methyl sites for hydroxylation is 1. The van der Waals surface area contributed by atoms with Crippen LogP contribution in [0.25, 0.3) is 11.3 Å². The van der Waals surface area contributed by atoms with Gasteiger partial charge in [0.1, 0.15) is 12.0 Å². The average Bonchev–Trinajstić information content (AvgIpc) is 2.28. The van der Waals surface area contributed by atoms with Gasteiger partial charge in [-0.05, 0) is 25.1 Å². The molecule has 0 radical (unpaired) electrons. The summed E-state index contributed by atoms with van der Waals surface area (Å²) in [7, 11) is 0. The smallest absolute Gasteiger partial charge is 0.251 e. The third kappa shape index (κ3) is 2.58. The van der Waals surface area contributed by atoms with E-state index in [2.05, 4.69) is 15.0 Å². The van der Waals surface area contributed by atoms with Gasteiger partial charge in [0.25, 0.3) is 0 Å². The zero-order valence-corrected chi connectivity index (χ0v) is 8.86. The fourth-order valence-corrected chi connectivity index (χ4v) is 1.33. The van der Waals surface area contributed by atoms with Crippen LogP contribution in [0, 0.1) is 6.92 Å². The van der Waals surface area contributed by atoms with Gasteiger partial charge in [-0.1, -0.05) is 0 Å². The summed E-state index contributed by atoms with van der Waals surface area (Å²) in [6.07, 6.45) is -1.90. The molecule has 2 heterocycles. The number of hydrogen-bond donors (Lipinski definition) is 0. The maximum absolute atomic E-state index is 12.3. The van der Waals surface area contributed by atoms with Gasteiger partial charge in [0, 0.05) is 17.5 Å². The third-order valence-electron chi connectivity index (χ3n) is 2.15.